The van der Waals surface area contributed by atoms with Crippen LogP contribution in [0.25, 0.3) is 0 Å². The van der Waals surface area contributed by atoms with E-state index in [0.29, 0.717) is 32.1 Å². The molecule has 1 unspecified atom stereocenters. The Hall–Kier alpha value is -3.02. The molecule has 9 nitrogen and oxygen atoms in total. The van der Waals surface area contributed by atoms with Crippen LogP contribution in [0.3, 0.4) is 0 Å². The van der Waals surface area contributed by atoms with Gasteiger partial charge in [-0.25, -0.2) is 12.8 Å². The summed E-state index contributed by atoms with van der Waals surface area (Å²) in [5.74, 6) is -1.85. The van der Waals surface area contributed by atoms with Gasteiger partial charge >= 0.3 is 0 Å². The molecule has 12 heteroatoms. The number of amides is 3. The van der Waals surface area contributed by atoms with Gasteiger partial charge in [-0.1, -0.05) is 49.7 Å². The van der Waals surface area contributed by atoms with Crippen LogP contribution in [-0.4, -0.2) is 68.1 Å². The van der Waals surface area contributed by atoms with Crippen LogP contribution in [-0.2, 0) is 36.4 Å². The van der Waals surface area contributed by atoms with E-state index in [1.165, 1.54) is 4.90 Å². The van der Waals surface area contributed by atoms with Crippen molar-refractivity contribution in [3.8, 4) is 0 Å². The summed E-state index contributed by atoms with van der Waals surface area (Å²) in [5.41, 5.74) is 0.480. The van der Waals surface area contributed by atoms with Gasteiger partial charge in [-0.05, 0) is 73.8 Å². The van der Waals surface area contributed by atoms with Gasteiger partial charge in [0, 0.05) is 19.6 Å². The Morgan fingerprint density at radius 1 is 1.05 bits per heavy atom. The van der Waals surface area contributed by atoms with Crippen LogP contribution >= 0.6 is 11.6 Å². The number of nitrogens with one attached hydrogen (secondary N) is 2. The Labute approximate surface area is 251 Å². The van der Waals surface area contributed by atoms with E-state index in [9.17, 15) is 27.2 Å². The molecular weight excluding hydrogens is 583 g/mol. The van der Waals surface area contributed by atoms with Crippen LogP contribution in [0.5, 0.6) is 0 Å². The highest BCUT2D eigenvalue weighted by atomic mass is 35.5. The van der Waals surface area contributed by atoms with Gasteiger partial charge < -0.3 is 15.5 Å². The summed E-state index contributed by atoms with van der Waals surface area (Å²) < 4.78 is 41.9. The van der Waals surface area contributed by atoms with Crippen LogP contribution in [0.2, 0.25) is 5.02 Å². The number of sulfonamides is 1. The lowest BCUT2D eigenvalue weighted by Gasteiger charge is -2.39. The maximum absolute atomic E-state index is 13.7. The molecule has 2 N–H and O–H groups in total. The molecule has 1 heterocycles. The number of nitrogens with zero attached hydrogens (tertiary/aromatic N) is 2. The van der Waals surface area contributed by atoms with Gasteiger partial charge in [0.15, 0.2) is 0 Å². The van der Waals surface area contributed by atoms with Crippen LogP contribution < -0.4 is 10.6 Å². The highest BCUT2D eigenvalue weighted by molar-refractivity contribution is 7.89. The van der Waals surface area contributed by atoms with E-state index in [4.69, 9.17) is 11.6 Å². The second-order valence-electron chi connectivity index (χ2n) is 11.3. The molecule has 2 aliphatic rings. The molecule has 42 heavy (non-hydrogen) atoms. The monoisotopic (exact) mass is 620 g/mol. The van der Waals surface area contributed by atoms with Gasteiger partial charge in [-0.3, -0.25) is 14.4 Å². The maximum Gasteiger partial charge on any atom is 0.250 e. The van der Waals surface area contributed by atoms with Crippen molar-refractivity contribution in [3.63, 3.8) is 0 Å². The lowest BCUT2D eigenvalue weighted by molar-refractivity contribution is -0.139. The SMILES string of the molecule is CC(C)CCN1CC(=O)NC2(CCCc3ccccc32)C(=O)NCCCCN(S(=O)(=O)c2ccc(F)cc2Cl)CC1=O. The molecule has 228 valence electrons. The van der Waals surface area contributed by atoms with Crippen LogP contribution in [0.4, 0.5) is 4.39 Å². The molecule has 2 aromatic carbocycles. The number of fused-ring (bicyclic) bond motifs is 2. The zero-order chi connectivity index (χ0) is 30.5. The van der Waals surface area contributed by atoms with Gasteiger partial charge in [-0.2, -0.15) is 4.31 Å². The molecule has 0 aromatic heterocycles. The number of rotatable bonds is 5. The average molecular weight is 621 g/mol. The van der Waals surface area contributed by atoms with Gasteiger partial charge in [0.1, 0.15) is 16.3 Å². The largest absolute Gasteiger partial charge is 0.354 e. The number of carbonyl (C=O) groups excluding carboxylic acids is 3. The number of halogens is 2. The van der Waals surface area contributed by atoms with E-state index < -0.39 is 39.7 Å². The van der Waals surface area contributed by atoms with E-state index in [0.717, 1.165) is 40.1 Å². The summed E-state index contributed by atoms with van der Waals surface area (Å²) in [6.07, 6.45) is 3.28. The van der Waals surface area contributed by atoms with Crippen molar-refractivity contribution in [2.45, 2.75) is 62.8 Å². The minimum absolute atomic E-state index is 0.0319. The predicted octanol–water partition coefficient (Wildman–Crippen LogP) is 3.60. The van der Waals surface area contributed by atoms with Crippen molar-refractivity contribution >= 4 is 39.3 Å². The molecule has 1 saturated heterocycles. The lowest BCUT2D eigenvalue weighted by Crippen LogP contribution is -2.60. The van der Waals surface area contributed by atoms with Crippen molar-refractivity contribution < 1.29 is 27.2 Å². The topological polar surface area (TPSA) is 116 Å². The smallest absolute Gasteiger partial charge is 0.250 e. The van der Waals surface area contributed by atoms with Crippen LogP contribution in [0, 0.1) is 11.7 Å². The molecule has 1 fully saturated rings. The zero-order valence-corrected chi connectivity index (χ0v) is 25.6. The first-order chi connectivity index (χ1) is 19.9. The van der Waals surface area contributed by atoms with Crippen molar-refractivity contribution in [1.82, 2.24) is 19.8 Å². The summed E-state index contributed by atoms with van der Waals surface area (Å²) in [5, 5.41) is 5.65. The van der Waals surface area contributed by atoms with Crippen LogP contribution in [0.15, 0.2) is 47.4 Å². The van der Waals surface area contributed by atoms with Crippen molar-refractivity contribution in [2.75, 3.05) is 32.7 Å². The molecule has 4 rings (SSSR count). The first kappa shape index (κ1) is 31.9. The summed E-state index contributed by atoms with van der Waals surface area (Å²) in [4.78, 5) is 42.0. The molecule has 0 saturated carbocycles. The minimum atomic E-state index is -4.28. The number of aryl methyl sites for hydroxylation is 1. The second-order valence-corrected chi connectivity index (χ2v) is 13.7. The van der Waals surface area contributed by atoms with Crippen molar-refractivity contribution in [2.24, 2.45) is 5.92 Å². The molecular formula is C30H38ClFN4O5S. The summed E-state index contributed by atoms with van der Waals surface area (Å²) >= 11 is 6.10. The third kappa shape index (κ3) is 7.12. The Balaban J connectivity index is 1.67. The predicted molar refractivity (Wildman–Crippen MR) is 158 cm³/mol. The second kappa shape index (κ2) is 13.5. The molecule has 3 amide bonds. The van der Waals surface area contributed by atoms with E-state index in [1.807, 2.05) is 38.1 Å². The van der Waals surface area contributed by atoms with E-state index in [-0.39, 0.29) is 47.9 Å². The molecule has 0 radical (unpaired) electrons. The maximum atomic E-state index is 13.7. The Morgan fingerprint density at radius 2 is 1.81 bits per heavy atom. The van der Waals surface area contributed by atoms with Gasteiger partial charge in [0.25, 0.3) is 0 Å². The van der Waals surface area contributed by atoms with Crippen molar-refractivity contribution in [1.29, 1.82) is 0 Å². The lowest BCUT2D eigenvalue weighted by atomic mass is 9.75. The third-order valence-electron chi connectivity index (χ3n) is 7.82. The summed E-state index contributed by atoms with van der Waals surface area (Å²) in [7, 11) is -4.28. The van der Waals surface area contributed by atoms with Crippen molar-refractivity contribution in [3.05, 3.63) is 64.4 Å². The molecule has 1 atom stereocenters. The van der Waals surface area contributed by atoms with Gasteiger partial charge in [0.05, 0.1) is 18.1 Å². The van der Waals surface area contributed by atoms with Gasteiger partial charge in [-0.15, -0.1) is 0 Å². The fourth-order valence-electron chi connectivity index (χ4n) is 5.54. The molecule has 2 aromatic rings. The number of benzene rings is 2. The van der Waals surface area contributed by atoms with E-state index in [1.54, 1.807) is 0 Å². The fraction of sp³-hybridized carbons (Fsp3) is 0.500. The highest BCUT2D eigenvalue weighted by Gasteiger charge is 2.45. The molecule has 1 spiro atoms. The fourth-order valence-corrected chi connectivity index (χ4v) is 7.47. The number of hydrogen-bond donors (Lipinski definition) is 2. The quantitative estimate of drug-likeness (QED) is 0.530. The summed E-state index contributed by atoms with van der Waals surface area (Å²) in [6.45, 7) is 3.56. The Bertz CT molecular complexity index is 1440. The minimum Gasteiger partial charge on any atom is -0.354 e. The van der Waals surface area contributed by atoms with E-state index in [2.05, 4.69) is 10.6 Å². The molecule has 1 aliphatic heterocycles. The van der Waals surface area contributed by atoms with E-state index >= 15 is 0 Å². The number of hydrogen-bond acceptors (Lipinski definition) is 5. The first-order valence-electron chi connectivity index (χ1n) is 14.3. The third-order valence-corrected chi connectivity index (χ3v) is 10.2. The highest BCUT2D eigenvalue weighted by Crippen LogP contribution is 2.36. The Morgan fingerprint density at radius 3 is 2.55 bits per heavy atom. The normalized spacial score (nSPS) is 21.5. The molecule has 1 aliphatic carbocycles. The average Bonchev–Trinajstić information content (AvgIpc) is 2.93. The molecule has 0 bridgehead atoms. The Kier molecular flexibility index (Phi) is 10.3. The summed E-state index contributed by atoms with van der Waals surface area (Å²) in [6, 6.07) is 10.6. The van der Waals surface area contributed by atoms with Crippen LogP contribution in [0.1, 0.15) is 57.1 Å². The standard InChI is InChI=1S/C30H38ClFN4O5S/c1-21(2)13-17-35-19-27(37)34-30(14-7-9-22-8-3-4-10-24(22)30)29(39)33-15-5-6-16-36(20-28(35)38)42(40,41)26-12-11-23(32)18-25(26)31/h3-4,8,10-12,18,21H,5-7,9,13-17,19-20H2,1-2H3,(H,33,39)(H,34,37). The number of carbonyl (C=O) groups is 3. The first-order valence-corrected chi connectivity index (χ1v) is 16.2. The zero-order valence-electron chi connectivity index (χ0n) is 24.0. The van der Waals surface area contributed by atoms with Gasteiger partial charge in [0.2, 0.25) is 27.7 Å².